The average Bonchev–Trinajstić information content (AvgIpc) is 3.69. The summed E-state index contributed by atoms with van der Waals surface area (Å²) in [6.07, 6.45) is 0. The molecule has 0 bridgehead atoms. The summed E-state index contributed by atoms with van der Waals surface area (Å²) < 4.78 is 0. The first kappa shape index (κ1) is 47.5. The van der Waals surface area contributed by atoms with Crippen LogP contribution in [0, 0.1) is 0 Å². The van der Waals surface area contributed by atoms with Crippen molar-refractivity contribution < 1.29 is 0 Å². The molecule has 1 aliphatic heterocycles. The zero-order valence-corrected chi connectivity index (χ0v) is 43.3. The van der Waals surface area contributed by atoms with E-state index in [0.717, 1.165) is 118 Å². The SMILES string of the molecule is c1ccc(-c2cc(-c3cc(-c4cc(-c5ccccc5)nc(-c5ccccc5)n4)c(N4c5ccccc5N(c5cc(-c6ccccc6)nc(-c6ccccc6)n5)c5ccccc54)cc3-c3ccccc3)nc(-c3ccccc3)n2)cc1. The lowest BCUT2D eigenvalue weighted by molar-refractivity contribution is 1.09. The number of hydrogen-bond donors (Lipinski definition) is 0. The highest BCUT2D eigenvalue weighted by molar-refractivity contribution is 6.05. The Labute approximate surface area is 464 Å². The van der Waals surface area contributed by atoms with Crippen LogP contribution < -0.4 is 9.80 Å². The molecule has 0 saturated carbocycles. The van der Waals surface area contributed by atoms with E-state index in [9.17, 15) is 0 Å². The van der Waals surface area contributed by atoms with Gasteiger partial charge < -0.3 is 4.90 Å². The van der Waals surface area contributed by atoms with Crippen LogP contribution in [0.5, 0.6) is 0 Å². The van der Waals surface area contributed by atoms with Crippen LogP contribution >= 0.6 is 0 Å². The number of nitrogens with zero attached hydrogens (tertiary/aromatic N) is 8. The van der Waals surface area contributed by atoms with Gasteiger partial charge in [-0.3, -0.25) is 4.90 Å². The molecule has 0 N–H and O–H groups in total. The first-order chi connectivity index (χ1) is 39.7. The maximum Gasteiger partial charge on any atom is 0.162 e. The number of anilines is 6. The fraction of sp³-hybridized carbons (Fsp3) is 0. The molecule has 0 aliphatic carbocycles. The predicted octanol–water partition coefficient (Wildman–Crippen LogP) is 18.3. The van der Waals surface area contributed by atoms with Crippen molar-refractivity contribution in [3.63, 3.8) is 0 Å². The summed E-state index contributed by atoms with van der Waals surface area (Å²) in [7, 11) is 0. The number of rotatable bonds is 11. The Morgan fingerprint density at radius 3 is 0.887 bits per heavy atom. The zero-order chi connectivity index (χ0) is 53.2. The highest BCUT2D eigenvalue weighted by Gasteiger charge is 2.34. The molecule has 0 unspecified atom stereocenters. The van der Waals surface area contributed by atoms with Crippen molar-refractivity contribution in [3.05, 3.63) is 291 Å². The van der Waals surface area contributed by atoms with E-state index in [4.69, 9.17) is 29.9 Å². The number of para-hydroxylation sites is 4. The van der Waals surface area contributed by atoms with Gasteiger partial charge in [0.1, 0.15) is 5.82 Å². The largest absolute Gasteiger partial charge is 0.306 e. The van der Waals surface area contributed by atoms with Crippen LogP contribution in [-0.4, -0.2) is 29.9 Å². The van der Waals surface area contributed by atoms with Crippen LogP contribution in [0.1, 0.15) is 0 Å². The van der Waals surface area contributed by atoms with E-state index in [0.29, 0.717) is 17.5 Å². The fourth-order valence-electron chi connectivity index (χ4n) is 10.6. The first-order valence-electron chi connectivity index (χ1n) is 26.7. The fourth-order valence-corrected chi connectivity index (χ4v) is 10.6. The number of aromatic nitrogens is 6. The van der Waals surface area contributed by atoms with E-state index in [2.05, 4.69) is 216 Å². The molecular formula is C72H48N8. The summed E-state index contributed by atoms with van der Waals surface area (Å²) in [5.41, 5.74) is 18.1. The van der Waals surface area contributed by atoms with E-state index in [1.165, 1.54) is 0 Å². The Morgan fingerprint density at radius 2 is 0.487 bits per heavy atom. The topological polar surface area (TPSA) is 83.8 Å². The monoisotopic (exact) mass is 1020 g/mol. The minimum Gasteiger partial charge on any atom is -0.306 e. The molecule has 0 amide bonds. The average molecular weight is 1030 g/mol. The summed E-state index contributed by atoms with van der Waals surface area (Å²) in [6, 6.07) is 100. The smallest absolute Gasteiger partial charge is 0.162 e. The molecule has 8 nitrogen and oxygen atoms in total. The van der Waals surface area contributed by atoms with Crippen molar-refractivity contribution in [2.45, 2.75) is 0 Å². The summed E-state index contributed by atoms with van der Waals surface area (Å²) in [6.45, 7) is 0. The van der Waals surface area contributed by atoms with Crippen molar-refractivity contribution >= 4 is 34.3 Å². The van der Waals surface area contributed by atoms with Crippen LogP contribution in [0.2, 0.25) is 0 Å². The van der Waals surface area contributed by atoms with E-state index >= 15 is 0 Å². The molecule has 13 aromatic rings. The van der Waals surface area contributed by atoms with Gasteiger partial charge in [0, 0.05) is 50.6 Å². The molecular weight excluding hydrogens is 977 g/mol. The molecule has 0 spiro atoms. The third-order valence-corrected chi connectivity index (χ3v) is 14.4. The van der Waals surface area contributed by atoms with E-state index in [1.807, 2.05) is 84.9 Å². The standard InChI is InChI=1S/C72H48N8/c1-8-26-49(27-9-1)56-45-68(79-64-40-22-24-42-66(64)80(67-43-25-23-41-65(67)79)69-48-61(52-32-14-4-15-33-52)75-72(78-69)55-38-20-7-21-39-55)58(63-47-60(51-30-12-3-13-31-51)74-71(77-63)54-36-18-6-19-37-54)44-57(56)62-46-59(50-28-10-2-11-29-50)73-70(76-62)53-34-16-5-17-35-53/h1-48H. The minimum atomic E-state index is 0.610. The summed E-state index contributed by atoms with van der Waals surface area (Å²) in [4.78, 5) is 36.9. The number of fused-ring (bicyclic) bond motifs is 2. The Kier molecular flexibility index (Phi) is 12.4. The van der Waals surface area contributed by atoms with E-state index in [1.54, 1.807) is 0 Å². The Morgan fingerprint density at radius 1 is 0.188 bits per heavy atom. The molecule has 14 rings (SSSR count). The Bertz CT molecular complexity index is 4120. The maximum atomic E-state index is 5.58. The van der Waals surface area contributed by atoms with Crippen LogP contribution in [0.4, 0.5) is 34.3 Å². The van der Waals surface area contributed by atoms with E-state index in [-0.39, 0.29) is 0 Å². The van der Waals surface area contributed by atoms with Gasteiger partial charge >= 0.3 is 0 Å². The summed E-state index contributed by atoms with van der Waals surface area (Å²) in [5, 5.41) is 0. The number of hydrogen-bond acceptors (Lipinski definition) is 8. The summed E-state index contributed by atoms with van der Waals surface area (Å²) in [5.74, 6) is 2.60. The van der Waals surface area contributed by atoms with Crippen LogP contribution in [0.3, 0.4) is 0 Å². The van der Waals surface area contributed by atoms with Crippen molar-refractivity contribution in [1.82, 2.24) is 29.9 Å². The molecule has 376 valence electrons. The summed E-state index contributed by atoms with van der Waals surface area (Å²) >= 11 is 0. The second kappa shape index (κ2) is 20.9. The van der Waals surface area contributed by atoms with Gasteiger partial charge in [0.25, 0.3) is 0 Å². The third kappa shape index (κ3) is 9.12. The van der Waals surface area contributed by atoms with E-state index < -0.39 is 0 Å². The van der Waals surface area contributed by atoms with Gasteiger partial charge in [-0.25, -0.2) is 29.9 Å². The van der Waals surface area contributed by atoms with Gasteiger partial charge in [-0.05, 0) is 59.7 Å². The maximum absolute atomic E-state index is 5.58. The molecule has 3 aromatic heterocycles. The van der Waals surface area contributed by atoms with Crippen LogP contribution in [0.15, 0.2) is 291 Å². The lowest BCUT2D eigenvalue weighted by atomic mass is 9.91. The van der Waals surface area contributed by atoms with Crippen molar-refractivity contribution in [2.24, 2.45) is 0 Å². The molecule has 8 heteroatoms. The van der Waals surface area contributed by atoms with Gasteiger partial charge in [0.2, 0.25) is 0 Å². The van der Waals surface area contributed by atoms with Crippen molar-refractivity contribution in [1.29, 1.82) is 0 Å². The van der Waals surface area contributed by atoms with Gasteiger partial charge in [0.05, 0.1) is 56.9 Å². The zero-order valence-electron chi connectivity index (χ0n) is 43.3. The molecule has 0 atom stereocenters. The predicted molar refractivity (Wildman–Crippen MR) is 325 cm³/mol. The molecule has 0 saturated heterocycles. The Balaban J connectivity index is 1.07. The lowest BCUT2D eigenvalue weighted by Crippen LogP contribution is -2.25. The normalized spacial score (nSPS) is 11.7. The second-order valence-electron chi connectivity index (χ2n) is 19.5. The lowest BCUT2D eigenvalue weighted by Gasteiger charge is -2.40. The molecule has 0 fully saturated rings. The second-order valence-corrected chi connectivity index (χ2v) is 19.5. The van der Waals surface area contributed by atoms with Gasteiger partial charge in [-0.15, -0.1) is 0 Å². The quantitative estimate of drug-likeness (QED) is 0.127. The highest BCUT2D eigenvalue weighted by Crippen LogP contribution is 2.57. The van der Waals surface area contributed by atoms with Crippen LogP contribution in [0.25, 0.3) is 102 Å². The van der Waals surface area contributed by atoms with Crippen molar-refractivity contribution in [3.8, 4) is 102 Å². The van der Waals surface area contributed by atoms with Gasteiger partial charge in [-0.1, -0.05) is 237 Å². The minimum absolute atomic E-state index is 0.610. The van der Waals surface area contributed by atoms with Crippen LogP contribution in [-0.2, 0) is 0 Å². The molecule has 80 heavy (non-hydrogen) atoms. The van der Waals surface area contributed by atoms with Gasteiger partial charge in [0.15, 0.2) is 17.5 Å². The first-order valence-corrected chi connectivity index (χ1v) is 26.7. The number of benzene rings is 10. The molecule has 1 aliphatic rings. The van der Waals surface area contributed by atoms with Crippen molar-refractivity contribution in [2.75, 3.05) is 9.80 Å². The molecule has 4 heterocycles. The highest BCUT2D eigenvalue weighted by atomic mass is 15.3. The molecule has 0 radical (unpaired) electrons. The molecule has 10 aromatic carbocycles. The third-order valence-electron chi connectivity index (χ3n) is 14.4. The Hall–Kier alpha value is -11.0. The van der Waals surface area contributed by atoms with Gasteiger partial charge in [-0.2, -0.15) is 0 Å².